The molecule has 0 bridgehead atoms. The Kier molecular flexibility index (Phi) is 5.49. The van der Waals surface area contributed by atoms with Crippen molar-refractivity contribution in [2.75, 3.05) is 6.61 Å². The molecule has 0 aromatic carbocycles. The van der Waals surface area contributed by atoms with Crippen molar-refractivity contribution in [2.45, 2.75) is 37.2 Å². The number of amides is 1. The van der Waals surface area contributed by atoms with E-state index in [9.17, 15) is 18.0 Å². The summed E-state index contributed by atoms with van der Waals surface area (Å²) in [5.74, 6) is 0. The minimum Gasteiger partial charge on any atom is -0.448 e. The summed E-state index contributed by atoms with van der Waals surface area (Å²) in [6.07, 6.45) is -4.50. The Bertz CT molecular complexity index is 484. The molecule has 1 atom stereocenters. The van der Waals surface area contributed by atoms with Crippen LogP contribution in [-0.4, -0.2) is 22.9 Å². The molecule has 1 aromatic rings. The van der Waals surface area contributed by atoms with E-state index < -0.39 is 17.8 Å². The number of halogens is 3. The summed E-state index contributed by atoms with van der Waals surface area (Å²) in [7, 11) is 0. The average Bonchev–Trinajstić information content (AvgIpc) is 2.32. The second-order valence-electron chi connectivity index (χ2n) is 5.49. The second kappa shape index (κ2) is 6.55. The Balaban J connectivity index is 2.81. The van der Waals surface area contributed by atoms with Gasteiger partial charge in [-0.3, -0.25) is 0 Å². The van der Waals surface area contributed by atoms with Crippen molar-refractivity contribution in [3.05, 3.63) is 23.9 Å². The van der Waals surface area contributed by atoms with Gasteiger partial charge < -0.3 is 10.5 Å². The Morgan fingerprint density at radius 3 is 2.38 bits per heavy atom. The Hall–Kier alpha value is -1.44. The predicted octanol–water partition coefficient (Wildman–Crippen LogP) is 3.70. The summed E-state index contributed by atoms with van der Waals surface area (Å²) in [5.41, 5.74) is 3.89. The molecule has 1 unspecified atom stereocenters. The second-order valence-corrected chi connectivity index (χ2v) is 6.71. The quantitative estimate of drug-likeness (QED) is 0.858. The first-order chi connectivity index (χ1) is 9.50. The van der Waals surface area contributed by atoms with Gasteiger partial charge in [0.05, 0.1) is 15.8 Å². The fraction of sp³-hybridized carbons (Fsp3) is 0.538. The fourth-order valence-electron chi connectivity index (χ4n) is 1.38. The van der Waals surface area contributed by atoms with Crippen LogP contribution in [0.2, 0.25) is 0 Å². The van der Waals surface area contributed by atoms with Crippen LogP contribution in [0.3, 0.4) is 0 Å². The zero-order valence-electron chi connectivity index (χ0n) is 11.9. The number of primary amides is 1. The van der Waals surface area contributed by atoms with Crippen LogP contribution in [0.25, 0.3) is 0 Å². The number of nitrogens with zero attached hydrogens (tertiary/aromatic N) is 1. The summed E-state index contributed by atoms with van der Waals surface area (Å²) in [6, 6.07) is 2.28. The lowest BCUT2D eigenvalue weighted by Gasteiger charge is -2.29. The van der Waals surface area contributed by atoms with Crippen LogP contribution in [0.4, 0.5) is 18.0 Å². The molecule has 0 spiro atoms. The van der Waals surface area contributed by atoms with Gasteiger partial charge in [0.25, 0.3) is 0 Å². The van der Waals surface area contributed by atoms with Crippen molar-refractivity contribution in [2.24, 2.45) is 11.1 Å². The van der Waals surface area contributed by atoms with Crippen LogP contribution in [0.15, 0.2) is 23.4 Å². The van der Waals surface area contributed by atoms with Gasteiger partial charge in [-0.1, -0.05) is 32.5 Å². The van der Waals surface area contributed by atoms with Gasteiger partial charge in [0, 0.05) is 6.20 Å². The summed E-state index contributed by atoms with van der Waals surface area (Å²) >= 11 is 1.25. The van der Waals surface area contributed by atoms with Gasteiger partial charge in [-0.05, 0) is 17.5 Å². The topological polar surface area (TPSA) is 65.2 Å². The van der Waals surface area contributed by atoms with Gasteiger partial charge in [-0.15, -0.1) is 0 Å². The van der Waals surface area contributed by atoms with Crippen molar-refractivity contribution in [3.63, 3.8) is 0 Å². The lowest BCUT2D eigenvalue weighted by atomic mass is 9.92. The number of alkyl halides is 3. The predicted molar refractivity (Wildman–Crippen MR) is 73.9 cm³/mol. The number of carbonyl (C=O) groups excluding carboxylic acids is 1. The molecule has 8 heteroatoms. The SMILES string of the molecule is CC(C)(C)C(COC(N)=O)Sc1ccc(C(F)(F)F)cn1. The van der Waals surface area contributed by atoms with Gasteiger partial charge in [-0.25, -0.2) is 9.78 Å². The monoisotopic (exact) mass is 322 g/mol. The molecule has 1 rings (SSSR count). The van der Waals surface area contributed by atoms with Crippen LogP contribution in [-0.2, 0) is 10.9 Å². The average molecular weight is 322 g/mol. The lowest BCUT2D eigenvalue weighted by molar-refractivity contribution is -0.137. The van der Waals surface area contributed by atoms with E-state index in [2.05, 4.69) is 4.98 Å². The maximum absolute atomic E-state index is 12.5. The number of pyridine rings is 1. The Labute approximate surface area is 125 Å². The van der Waals surface area contributed by atoms with Crippen LogP contribution in [0.1, 0.15) is 26.3 Å². The molecule has 0 aliphatic rings. The third-order valence-electron chi connectivity index (χ3n) is 2.67. The molecule has 0 radical (unpaired) electrons. The molecule has 2 N–H and O–H groups in total. The van der Waals surface area contributed by atoms with E-state index >= 15 is 0 Å². The van der Waals surface area contributed by atoms with Gasteiger partial charge in [0.1, 0.15) is 6.61 Å². The number of hydrogen-bond acceptors (Lipinski definition) is 4. The third kappa shape index (κ3) is 5.82. The normalized spacial score (nSPS) is 13.8. The highest BCUT2D eigenvalue weighted by atomic mass is 32.2. The first-order valence-corrected chi connectivity index (χ1v) is 7.00. The fourth-order valence-corrected chi connectivity index (χ4v) is 2.42. The lowest BCUT2D eigenvalue weighted by Crippen LogP contribution is -2.30. The zero-order chi connectivity index (χ0) is 16.3. The van der Waals surface area contributed by atoms with Crippen molar-refractivity contribution in [1.82, 2.24) is 4.98 Å². The van der Waals surface area contributed by atoms with E-state index in [-0.39, 0.29) is 17.3 Å². The van der Waals surface area contributed by atoms with Crippen LogP contribution in [0, 0.1) is 5.41 Å². The molecule has 1 aromatic heterocycles. The van der Waals surface area contributed by atoms with E-state index in [0.717, 1.165) is 12.3 Å². The van der Waals surface area contributed by atoms with Crippen molar-refractivity contribution in [1.29, 1.82) is 0 Å². The van der Waals surface area contributed by atoms with Crippen molar-refractivity contribution in [3.8, 4) is 0 Å². The van der Waals surface area contributed by atoms with E-state index in [4.69, 9.17) is 10.5 Å². The number of aromatic nitrogens is 1. The number of thioether (sulfide) groups is 1. The van der Waals surface area contributed by atoms with E-state index in [1.54, 1.807) is 0 Å². The minimum atomic E-state index is -4.41. The number of carbonyl (C=O) groups is 1. The molecule has 4 nitrogen and oxygen atoms in total. The molecule has 0 fully saturated rings. The Morgan fingerprint density at radius 1 is 1.38 bits per heavy atom. The van der Waals surface area contributed by atoms with Gasteiger partial charge in [0.2, 0.25) is 0 Å². The summed E-state index contributed by atoms with van der Waals surface area (Å²) in [5, 5.41) is 0.241. The number of ether oxygens (including phenoxy) is 1. The molecule has 0 saturated heterocycles. The van der Waals surface area contributed by atoms with E-state index in [1.165, 1.54) is 17.8 Å². The van der Waals surface area contributed by atoms with Gasteiger partial charge in [-0.2, -0.15) is 13.2 Å². The van der Waals surface area contributed by atoms with Crippen LogP contribution in [0.5, 0.6) is 0 Å². The summed E-state index contributed by atoms with van der Waals surface area (Å²) in [6.45, 7) is 5.85. The first-order valence-electron chi connectivity index (χ1n) is 6.12. The smallest absolute Gasteiger partial charge is 0.417 e. The molecule has 0 saturated carbocycles. The maximum Gasteiger partial charge on any atom is 0.417 e. The molecule has 118 valence electrons. The standard InChI is InChI=1S/C13H17F3N2O2S/c1-12(2,3)9(7-20-11(17)19)21-10-5-4-8(6-18-10)13(14,15)16/h4-6,9H,7H2,1-3H3,(H2,17,19). The highest BCUT2D eigenvalue weighted by molar-refractivity contribution is 7.99. The summed E-state index contributed by atoms with van der Waals surface area (Å²) in [4.78, 5) is 14.5. The number of hydrogen-bond donors (Lipinski definition) is 1. The van der Waals surface area contributed by atoms with Gasteiger partial charge in [0.15, 0.2) is 0 Å². The van der Waals surface area contributed by atoms with Crippen LogP contribution >= 0.6 is 11.8 Å². The largest absolute Gasteiger partial charge is 0.448 e. The zero-order valence-corrected chi connectivity index (χ0v) is 12.7. The Morgan fingerprint density at radius 2 is 2.00 bits per heavy atom. The number of nitrogens with two attached hydrogens (primary N) is 1. The molecule has 1 heterocycles. The summed E-state index contributed by atoms with van der Waals surface area (Å²) < 4.78 is 42.2. The van der Waals surface area contributed by atoms with Crippen LogP contribution < -0.4 is 5.73 Å². The molecular weight excluding hydrogens is 305 g/mol. The third-order valence-corrected chi connectivity index (χ3v) is 4.28. The minimum absolute atomic E-state index is 0.0617. The van der Waals surface area contributed by atoms with Crippen molar-refractivity contribution >= 4 is 17.9 Å². The van der Waals surface area contributed by atoms with Crippen molar-refractivity contribution < 1.29 is 22.7 Å². The number of rotatable bonds is 4. The van der Waals surface area contributed by atoms with Gasteiger partial charge >= 0.3 is 12.3 Å². The van der Waals surface area contributed by atoms with E-state index in [0.29, 0.717) is 5.03 Å². The molecule has 0 aliphatic heterocycles. The molecule has 1 amide bonds. The maximum atomic E-state index is 12.5. The highest BCUT2D eigenvalue weighted by Crippen LogP contribution is 2.36. The van der Waals surface area contributed by atoms with E-state index in [1.807, 2.05) is 20.8 Å². The molecule has 0 aliphatic carbocycles. The highest BCUT2D eigenvalue weighted by Gasteiger charge is 2.31. The first kappa shape index (κ1) is 17.6. The molecular formula is C13H17F3N2O2S. The molecule has 21 heavy (non-hydrogen) atoms.